The second-order valence-electron chi connectivity index (χ2n) is 2.98. The van der Waals surface area contributed by atoms with Gasteiger partial charge in [-0.05, 0) is 13.3 Å². The van der Waals surface area contributed by atoms with Crippen molar-refractivity contribution in [3.8, 4) is 0 Å². The van der Waals surface area contributed by atoms with Crippen LogP contribution in [0.4, 0.5) is 0 Å². The maximum absolute atomic E-state index is 10.9. The van der Waals surface area contributed by atoms with E-state index in [0.717, 1.165) is 12.2 Å². The maximum atomic E-state index is 10.9. The van der Waals surface area contributed by atoms with Crippen LogP contribution in [-0.4, -0.2) is 26.6 Å². The predicted molar refractivity (Wildman–Crippen MR) is 52.8 cm³/mol. The topological polar surface area (TPSA) is 76.7 Å². The Morgan fingerprint density at radius 3 is 2.92 bits per heavy atom. The van der Waals surface area contributed by atoms with Crippen LogP contribution in [0.5, 0.6) is 0 Å². The van der Waals surface area contributed by atoms with Crippen molar-refractivity contribution in [2.45, 2.75) is 24.5 Å². The van der Waals surface area contributed by atoms with Crippen molar-refractivity contribution in [3.05, 3.63) is 10.5 Å². The van der Waals surface area contributed by atoms with E-state index < -0.39 is 0 Å². The van der Waals surface area contributed by atoms with Gasteiger partial charge < -0.3 is 5.73 Å². The van der Waals surface area contributed by atoms with Crippen LogP contribution in [-0.2, 0) is 7.05 Å². The Morgan fingerprint density at radius 1 is 1.77 bits per heavy atom. The highest BCUT2D eigenvalue weighted by Gasteiger charge is 2.04. The van der Waals surface area contributed by atoms with Crippen molar-refractivity contribution in [3.63, 3.8) is 0 Å². The number of nitrogens with one attached hydrogen (secondary N) is 1. The predicted octanol–water partition coefficient (Wildman–Crippen LogP) is -0.0622. The molecule has 1 unspecified atom stereocenters. The minimum Gasteiger partial charge on any atom is -0.328 e. The van der Waals surface area contributed by atoms with Gasteiger partial charge in [-0.1, -0.05) is 11.8 Å². The summed E-state index contributed by atoms with van der Waals surface area (Å²) in [5.74, 6) is 0.885. The molecule has 0 aromatic carbocycles. The molecule has 0 aliphatic rings. The van der Waals surface area contributed by atoms with E-state index in [1.54, 1.807) is 7.05 Å². The lowest BCUT2D eigenvalue weighted by Crippen LogP contribution is -2.16. The van der Waals surface area contributed by atoms with Gasteiger partial charge in [0.05, 0.1) is 0 Å². The Labute approximate surface area is 80.7 Å². The van der Waals surface area contributed by atoms with E-state index in [0.29, 0.717) is 5.16 Å². The molecule has 74 valence electrons. The van der Waals surface area contributed by atoms with Crippen LogP contribution in [0.2, 0.25) is 0 Å². The Kier molecular flexibility index (Phi) is 3.56. The minimum atomic E-state index is -0.178. The number of rotatable bonds is 4. The van der Waals surface area contributed by atoms with Gasteiger partial charge in [0.2, 0.25) is 0 Å². The summed E-state index contributed by atoms with van der Waals surface area (Å²) < 4.78 is 1.49. The monoisotopic (exact) mass is 202 g/mol. The zero-order chi connectivity index (χ0) is 9.84. The molecule has 1 heterocycles. The average molecular weight is 202 g/mol. The van der Waals surface area contributed by atoms with Crippen LogP contribution in [0.1, 0.15) is 13.3 Å². The smallest absolute Gasteiger partial charge is 0.328 e. The molecule has 0 spiro atoms. The molecule has 5 nitrogen and oxygen atoms in total. The zero-order valence-electron chi connectivity index (χ0n) is 7.78. The Bertz CT molecular complexity index is 317. The third-order valence-electron chi connectivity index (χ3n) is 1.64. The molecule has 1 atom stereocenters. The van der Waals surface area contributed by atoms with Gasteiger partial charge >= 0.3 is 5.69 Å². The highest BCUT2D eigenvalue weighted by atomic mass is 32.2. The largest absolute Gasteiger partial charge is 0.343 e. The summed E-state index contributed by atoms with van der Waals surface area (Å²) in [5, 5.41) is 6.95. The van der Waals surface area contributed by atoms with E-state index in [4.69, 9.17) is 5.73 Å². The maximum Gasteiger partial charge on any atom is 0.343 e. The van der Waals surface area contributed by atoms with E-state index in [9.17, 15) is 4.79 Å². The van der Waals surface area contributed by atoms with E-state index in [-0.39, 0.29) is 11.7 Å². The molecule has 0 radical (unpaired) electrons. The molecule has 1 aromatic heterocycles. The van der Waals surface area contributed by atoms with Gasteiger partial charge in [-0.2, -0.15) is 0 Å². The fraction of sp³-hybridized carbons (Fsp3) is 0.714. The molecular weight excluding hydrogens is 188 g/mol. The molecule has 0 saturated heterocycles. The molecule has 6 heteroatoms. The number of H-pyrrole nitrogens is 1. The summed E-state index contributed by atoms with van der Waals surface area (Å²) in [6, 6.07) is 0.198. The van der Waals surface area contributed by atoms with Crippen LogP contribution in [0, 0.1) is 0 Å². The number of nitrogens with two attached hydrogens (primary N) is 1. The highest BCUT2D eigenvalue weighted by molar-refractivity contribution is 7.99. The Hall–Kier alpha value is -0.750. The third kappa shape index (κ3) is 2.89. The van der Waals surface area contributed by atoms with Gasteiger partial charge in [0.25, 0.3) is 0 Å². The SMILES string of the molecule is CC(N)CCSc1n[nH]c(=O)n1C. The van der Waals surface area contributed by atoms with E-state index >= 15 is 0 Å². The highest BCUT2D eigenvalue weighted by Crippen LogP contribution is 2.13. The van der Waals surface area contributed by atoms with Crippen LogP contribution in [0.15, 0.2) is 9.95 Å². The molecule has 1 rings (SSSR count). The summed E-state index contributed by atoms with van der Waals surface area (Å²) in [7, 11) is 1.69. The lowest BCUT2D eigenvalue weighted by molar-refractivity contribution is 0.716. The van der Waals surface area contributed by atoms with Gasteiger partial charge in [0.1, 0.15) is 0 Å². The van der Waals surface area contributed by atoms with Crippen molar-refractivity contribution < 1.29 is 0 Å². The fourth-order valence-electron chi connectivity index (χ4n) is 0.798. The minimum absolute atomic E-state index is 0.178. The Morgan fingerprint density at radius 2 is 2.46 bits per heavy atom. The summed E-state index contributed by atoms with van der Waals surface area (Å²) in [5.41, 5.74) is 5.41. The van der Waals surface area contributed by atoms with Crippen LogP contribution >= 0.6 is 11.8 Å². The van der Waals surface area contributed by atoms with Gasteiger partial charge in [0.15, 0.2) is 5.16 Å². The lowest BCUT2D eigenvalue weighted by Gasteiger charge is -2.02. The zero-order valence-corrected chi connectivity index (χ0v) is 8.60. The van der Waals surface area contributed by atoms with Crippen LogP contribution in [0.3, 0.4) is 0 Å². The molecule has 0 fully saturated rings. The normalized spacial score (nSPS) is 13.2. The first-order chi connectivity index (χ1) is 6.11. The van der Waals surface area contributed by atoms with Crippen LogP contribution < -0.4 is 11.4 Å². The van der Waals surface area contributed by atoms with Crippen molar-refractivity contribution in [2.24, 2.45) is 12.8 Å². The number of nitrogens with zero attached hydrogens (tertiary/aromatic N) is 2. The molecule has 3 N–H and O–H groups in total. The van der Waals surface area contributed by atoms with Crippen LogP contribution in [0.25, 0.3) is 0 Å². The molecule has 0 amide bonds. The number of aromatic amines is 1. The van der Waals surface area contributed by atoms with Gasteiger partial charge in [0, 0.05) is 18.8 Å². The number of thioether (sulfide) groups is 1. The Balaban J connectivity index is 2.46. The third-order valence-corrected chi connectivity index (χ3v) is 2.71. The molecule has 0 saturated carbocycles. The fourth-order valence-corrected chi connectivity index (χ4v) is 1.86. The van der Waals surface area contributed by atoms with Crippen molar-refractivity contribution in [2.75, 3.05) is 5.75 Å². The molecule has 1 aromatic rings. The molecular formula is C7H14N4OS. The number of hydrogen-bond acceptors (Lipinski definition) is 4. The summed E-state index contributed by atoms with van der Waals surface area (Å²) in [6.45, 7) is 1.96. The number of aromatic nitrogens is 3. The quantitative estimate of drug-likeness (QED) is 0.670. The first-order valence-electron chi connectivity index (χ1n) is 4.11. The van der Waals surface area contributed by atoms with Crippen molar-refractivity contribution >= 4 is 11.8 Å². The second-order valence-corrected chi connectivity index (χ2v) is 4.05. The standard InChI is InChI=1S/C7H14N4OS/c1-5(8)3-4-13-7-10-9-6(12)11(7)2/h5H,3-4,8H2,1-2H3,(H,9,12). The molecule has 0 aliphatic heterocycles. The van der Waals surface area contributed by atoms with Crippen molar-refractivity contribution in [1.82, 2.24) is 14.8 Å². The summed E-state index contributed by atoms with van der Waals surface area (Å²) in [4.78, 5) is 10.9. The number of hydrogen-bond donors (Lipinski definition) is 2. The first-order valence-corrected chi connectivity index (χ1v) is 5.09. The van der Waals surface area contributed by atoms with E-state index in [2.05, 4.69) is 10.2 Å². The van der Waals surface area contributed by atoms with E-state index in [1.807, 2.05) is 6.92 Å². The van der Waals surface area contributed by atoms with Gasteiger partial charge in [-0.25, -0.2) is 9.89 Å². The first kappa shape index (κ1) is 10.3. The van der Waals surface area contributed by atoms with Gasteiger partial charge in [-0.15, -0.1) is 5.10 Å². The summed E-state index contributed by atoms with van der Waals surface area (Å²) >= 11 is 1.54. The summed E-state index contributed by atoms with van der Waals surface area (Å²) in [6.07, 6.45) is 0.922. The molecule has 13 heavy (non-hydrogen) atoms. The second kappa shape index (κ2) is 4.48. The molecule has 0 aliphatic carbocycles. The lowest BCUT2D eigenvalue weighted by atomic mass is 10.3. The van der Waals surface area contributed by atoms with Gasteiger partial charge in [-0.3, -0.25) is 4.57 Å². The average Bonchev–Trinajstić information content (AvgIpc) is 2.35. The van der Waals surface area contributed by atoms with Crippen molar-refractivity contribution in [1.29, 1.82) is 0 Å². The molecule has 0 bridgehead atoms. The van der Waals surface area contributed by atoms with E-state index in [1.165, 1.54) is 16.3 Å².